The topological polar surface area (TPSA) is 86.7 Å². The monoisotopic (exact) mass is 284 g/mol. The van der Waals surface area contributed by atoms with Gasteiger partial charge in [0.15, 0.2) is 0 Å². The number of nitrogens with zero attached hydrogens (tertiary/aromatic N) is 1. The Hall–Kier alpha value is -1.59. The molecule has 0 aliphatic heterocycles. The van der Waals surface area contributed by atoms with E-state index in [1.165, 1.54) is 11.9 Å². The second kappa shape index (κ2) is 6.72. The summed E-state index contributed by atoms with van der Waals surface area (Å²) in [6, 6.07) is 0.0196. The number of carboxylic acid groups (broad SMARTS) is 1. The highest BCUT2D eigenvalue weighted by molar-refractivity contribution is 5.88. The van der Waals surface area contributed by atoms with E-state index in [2.05, 4.69) is 5.32 Å². The molecular weight excluding hydrogens is 260 g/mol. The molecule has 1 aliphatic carbocycles. The lowest BCUT2D eigenvalue weighted by molar-refractivity contribution is -0.153. The minimum atomic E-state index is -0.931. The third-order valence-electron chi connectivity index (χ3n) is 3.76. The molecule has 0 aromatic heterocycles. The van der Waals surface area contributed by atoms with Crippen molar-refractivity contribution in [1.29, 1.82) is 0 Å². The molecule has 0 spiro atoms. The number of aliphatic carboxylic acids is 1. The Balaban J connectivity index is 2.56. The van der Waals surface area contributed by atoms with Crippen LogP contribution in [-0.4, -0.2) is 47.4 Å². The van der Waals surface area contributed by atoms with Gasteiger partial charge in [0, 0.05) is 19.5 Å². The van der Waals surface area contributed by atoms with E-state index in [1.54, 1.807) is 0 Å². The van der Waals surface area contributed by atoms with E-state index in [9.17, 15) is 19.5 Å². The van der Waals surface area contributed by atoms with Crippen LogP contribution in [0.4, 0.5) is 0 Å². The van der Waals surface area contributed by atoms with E-state index in [0.717, 1.165) is 12.8 Å². The zero-order valence-corrected chi connectivity index (χ0v) is 12.4. The minimum absolute atomic E-state index is 0.0196. The molecule has 1 aliphatic rings. The van der Waals surface area contributed by atoms with E-state index in [-0.39, 0.29) is 30.8 Å². The van der Waals surface area contributed by atoms with E-state index in [0.29, 0.717) is 12.8 Å². The third-order valence-corrected chi connectivity index (χ3v) is 3.76. The Bertz CT molecular complexity index is 387. The summed E-state index contributed by atoms with van der Waals surface area (Å²) < 4.78 is 0. The van der Waals surface area contributed by atoms with Gasteiger partial charge in [0.2, 0.25) is 11.8 Å². The summed E-state index contributed by atoms with van der Waals surface area (Å²) in [6.45, 7) is 3.65. The van der Waals surface area contributed by atoms with E-state index in [4.69, 9.17) is 0 Å². The Kier molecular flexibility index (Phi) is 5.53. The molecule has 0 atom stereocenters. The quantitative estimate of drug-likeness (QED) is 0.762. The highest BCUT2D eigenvalue weighted by Crippen LogP contribution is 2.41. The summed E-state index contributed by atoms with van der Waals surface area (Å²) in [5.74, 6) is -1.41. The van der Waals surface area contributed by atoms with Crippen LogP contribution < -0.4 is 5.32 Å². The molecule has 1 rings (SSSR count). The standard InChI is InChI=1S/C14H24N2O4/c1-10(2)15-11(17)9-16(3)12(18)8-14(13(19)20)6-4-5-7-14/h10H,4-9H2,1-3H3,(H,15,17)(H,19,20). The third kappa shape index (κ3) is 4.21. The zero-order valence-electron chi connectivity index (χ0n) is 12.4. The molecule has 20 heavy (non-hydrogen) atoms. The number of nitrogens with one attached hydrogen (secondary N) is 1. The molecule has 0 bridgehead atoms. The highest BCUT2D eigenvalue weighted by Gasteiger charge is 2.43. The average Bonchev–Trinajstić information content (AvgIpc) is 2.77. The number of carbonyl (C=O) groups excluding carboxylic acids is 2. The molecule has 2 amide bonds. The Morgan fingerprint density at radius 3 is 2.25 bits per heavy atom. The first kappa shape index (κ1) is 16.5. The normalized spacial score (nSPS) is 17.0. The van der Waals surface area contributed by atoms with Crippen molar-refractivity contribution in [3.05, 3.63) is 0 Å². The van der Waals surface area contributed by atoms with Gasteiger partial charge in [-0.1, -0.05) is 12.8 Å². The lowest BCUT2D eigenvalue weighted by atomic mass is 9.82. The molecule has 0 aromatic carbocycles. The number of carboxylic acids is 1. The fraction of sp³-hybridized carbons (Fsp3) is 0.786. The van der Waals surface area contributed by atoms with Crippen LogP contribution >= 0.6 is 0 Å². The van der Waals surface area contributed by atoms with Crippen molar-refractivity contribution in [3.8, 4) is 0 Å². The van der Waals surface area contributed by atoms with Crippen LogP contribution in [0.25, 0.3) is 0 Å². The van der Waals surface area contributed by atoms with Crippen LogP contribution in [0.3, 0.4) is 0 Å². The molecular formula is C14H24N2O4. The van der Waals surface area contributed by atoms with Crippen LogP contribution in [-0.2, 0) is 14.4 Å². The second-order valence-corrected chi connectivity index (χ2v) is 5.94. The van der Waals surface area contributed by atoms with Crippen molar-refractivity contribution < 1.29 is 19.5 Å². The maximum Gasteiger partial charge on any atom is 0.310 e. The minimum Gasteiger partial charge on any atom is -0.481 e. The average molecular weight is 284 g/mol. The number of amides is 2. The number of likely N-dealkylation sites (N-methyl/N-ethyl adjacent to an activating group) is 1. The first-order valence-electron chi connectivity index (χ1n) is 7.03. The lowest BCUT2D eigenvalue weighted by Crippen LogP contribution is -2.43. The van der Waals surface area contributed by atoms with Crippen LogP contribution in [0, 0.1) is 5.41 Å². The molecule has 0 heterocycles. The first-order valence-corrected chi connectivity index (χ1v) is 7.03. The molecule has 114 valence electrons. The van der Waals surface area contributed by atoms with Crippen molar-refractivity contribution in [2.24, 2.45) is 5.41 Å². The van der Waals surface area contributed by atoms with Gasteiger partial charge in [-0.05, 0) is 26.7 Å². The van der Waals surface area contributed by atoms with Crippen LogP contribution in [0.5, 0.6) is 0 Å². The molecule has 0 radical (unpaired) electrons. The Morgan fingerprint density at radius 2 is 1.80 bits per heavy atom. The molecule has 6 nitrogen and oxygen atoms in total. The molecule has 0 unspecified atom stereocenters. The molecule has 2 N–H and O–H groups in total. The van der Waals surface area contributed by atoms with Gasteiger partial charge in [-0.15, -0.1) is 0 Å². The number of hydrogen-bond acceptors (Lipinski definition) is 3. The molecule has 6 heteroatoms. The van der Waals surface area contributed by atoms with Crippen molar-refractivity contribution in [2.75, 3.05) is 13.6 Å². The SMILES string of the molecule is CC(C)NC(=O)CN(C)C(=O)CC1(C(=O)O)CCCC1. The molecule has 1 fully saturated rings. The van der Waals surface area contributed by atoms with Crippen molar-refractivity contribution in [2.45, 2.75) is 52.0 Å². The molecule has 0 saturated heterocycles. The largest absolute Gasteiger partial charge is 0.481 e. The van der Waals surface area contributed by atoms with Gasteiger partial charge in [0.05, 0.1) is 12.0 Å². The maximum absolute atomic E-state index is 12.1. The smallest absolute Gasteiger partial charge is 0.310 e. The Labute approximate surface area is 119 Å². The summed E-state index contributed by atoms with van der Waals surface area (Å²) in [6.07, 6.45) is 2.75. The van der Waals surface area contributed by atoms with Crippen molar-refractivity contribution in [1.82, 2.24) is 10.2 Å². The van der Waals surface area contributed by atoms with Gasteiger partial charge >= 0.3 is 5.97 Å². The predicted molar refractivity (Wildman–Crippen MR) is 74.1 cm³/mol. The summed E-state index contributed by atoms with van der Waals surface area (Å²) >= 11 is 0. The maximum atomic E-state index is 12.1. The van der Waals surface area contributed by atoms with Crippen LogP contribution in [0.2, 0.25) is 0 Å². The van der Waals surface area contributed by atoms with Crippen LogP contribution in [0.15, 0.2) is 0 Å². The van der Waals surface area contributed by atoms with Gasteiger partial charge in [0.25, 0.3) is 0 Å². The van der Waals surface area contributed by atoms with Crippen LogP contribution in [0.1, 0.15) is 46.0 Å². The van der Waals surface area contributed by atoms with Crippen molar-refractivity contribution >= 4 is 17.8 Å². The zero-order chi connectivity index (χ0) is 15.3. The first-order chi connectivity index (χ1) is 9.27. The molecule has 1 saturated carbocycles. The number of carbonyl (C=O) groups is 3. The summed E-state index contributed by atoms with van der Waals surface area (Å²) in [4.78, 5) is 36.4. The fourth-order valence-corrected chi connectivity index (χ4v) is 2.61. The second-order valence-electron chi connectivity index (χ2n) is 5.94. The van der Waals surface area contributed by atoms with Gasteiger partial charge < -0.3 is 15.3 Å². The van der Waals surface area contributed by atoms with E-state index < -0.39 is 11.4 Å². The molecule has 0 aromatic rings. The summed E-state index contributed by atoms with van der Waals surface area (Å²) in [5, 5.41) is 12.1. The highest BCUT2D eigenvalue weighted by atomic mass is 16.4. The Morgan fingerprint density at radius 1 is 1.25 bits per heavy atom. The van der Waals surface area contributed by atoms with Gasteiger partial charge in [0.1, 0.15) is 0 Å². The van der Waals surface area contributed by atoms with Gasteiger partial charge in [-0.3, -0.25) is 14.4 Å². The summed E-state index contributed by atoms with van der Waals surface area (Å²) in [5.41, 5.74) is -0.931. The van der Waals surface area contributed by atoms with E-state index in [1.807, 2.05) is 13.8 Å². The predicted octanol–water partition coefficient (Wildman–Crippen LogP) is 1.00. The fourth-order valence-electron chi connectivity index (χ4n) is 2.61. The number of rotatable bonds is 6. The van der Waals surface area contributed by atoms with Gasteiger partial charge in [-0.2, -0.15) is 0 Å². The van der Waals surface area contributed by atoms with Gasteiger partial charge in [-0.25, -0.2) is 0 Å². The lowest BCUT2D eigenvalue weighted by Gasteiger charge is -2.26. The van der Waals surface area contributed by atoms with E-state index >= 15 is 0 Å². The number of hydrogen-bond donors (Lipinski definition) is 2. The van der Waals surface area contributed by atoms with Crippen molar-refractivity contribution in [3.63, 3.8) is 0 Å². The summed E-state index contributed by atoms with van der Waals surface area (Å²) in [7, 11) is 1.53.